The van der Waals surface area contributed by atoms with Crippen LogP contribution < -0.4 is 10.6 Å². The molecule has 3 unspecified atom stereocenters. The molecule has 2 rings (SSSR count). The van der Waals surface area contributed by atoms with Crippen molar-refractivity contribution in [2.24, 2.45) is 11.8 Å². The first-order chi connectivity index (χ1) is 10.0. The molecular weight excluding hydrogens is 303 g/mol. The topological polar surface area (TPSA) is 41.1 Å². The second kappa shape index (κ2) is 9.11. The lowest BCUT2D eigenvalue weighted by molar-refractivity contribution is -0.123. The quantitative estimate of drug-likeness (QED) is 0.872. The highest BCUT2D eigenvalue weighted by atomic mass is 35.5. The van der Waals surface area contributed by atoms with Crippen molar-refractivity contribution in [1.29, 1.82) is 0 Å². The zero-order valence-corrected chi connectivity index (χ0v) is 14.1. The normalized spacial score (nSPS) is 22.5. The van der Waals surface area contributed by atoms with E-state index in [-0.39, 0.29) is 36.1 Å². The maximum absolute atomic E-state index is 13.1. The van der Waals surface area contributed by atoms with Gasteiger partial charge in [0.1, 0.15) is 5.82 Å². The van der Waals surface area contributed by atoms with Crippen LogP contribution in [-0.2, 0) is 11.2 Å². The van der Waals surface area contributed by atoms with Gasteiger partial charge < -0.3 is 10.6 Å². The molecule has 1 heterocycles. The minimum Gasteiger partial charge on any atom is -0.353 e. The van der Waals surface area contributed by atoms with Gasteiger partial charge in [-0.05, 0) is 55.5 Å². The molecule has 0 saturated carbocycles. The van der Waals surface area contributed by atoms with Crippen LogP contribution in [0.25, 0.3) is 0 Å². The zero-order valence-electron chi connectivity index (χ0n) is 13.3. The smallest absolute Gasteiger partial charge is 0.220 e. The van der Waals surface area contributed by atoms with Crippen molar-refractivity contribution in [3.05, 3.63) is 35.6 Å². The van der Waals surface area contributed by atoms with E-state index < -0.39 is 0 Å². The van der Waals surface area contributed by atoms with Crippen LogP contribution >= 0.6 is 12.4 Å². The standard InChI is InChI=1S/C17H25FN2O.ClH/c1-12(8-14-4-3-5-15(18)10-14)9-17(21)20-16-6-7-19-11-13(16)2;/h3-5,10,12-13,16,19H,6-9,11H2,1-2H3,(H,20,21);1H. The first kappa shape index (κ1) is 18.9. The Morgan fingerprint density at radius 1 is 1.50 bits per heavy atom. The number of hydrogen-bond acceptors (Lipinski definition) is 2. The lowest BCUT2D eigenvalue weighted by Gasteiger charge is -2.30. The highest BCUT2D eigenvalue weighted by Gasteiger charge is 2.23. The molecule has 5 heteroatoms. The molecule has 0 aromatic heterocycles. The summed E-state index contributed by atoms with van der Waals surface area (Å²) in [5, 5.41) is 6.47. The van der Waals surface area contributed by atoms with Gasteiger partial charge in [0.05, 0.1) is 0 Å². The minimum atomic E-state index is -0.215. The lowest BCUT2D eigenvalue weighted by Crippen LogP contribution is -2.48. The number of hydrogen-bond donors (Lipinski definition) is 2. The molecule has 3 atom stereocenters. The van der Waals surface area contributed by atoms with Crippen LogP contribution in [0.1, 0.15) is 32.3 Å². The molecule has 1 aromatic carbocycles. The highest BCUT2D eigenvalue weighted by molar-refractivity contribution is 5.85. The van der Waals surface area contributed by atoms with Gasteiger partial charge in [0.25, 0.3) is 0 Å². The summed E-state index contributed by atoms with van der Waals surface area (Å²) in [6.07, 6.45) is 2.21. The molecular formula is C17H26ClFN2O. The van der Waals surface area contributed by atoms with E-state index in [0.29, 0.717) is 12.3 Å². The van der Waals surface area contributed by atoms with Gasteiger partial charge in [-0.1, -0.05) is 26.0 Å². The molecule has 0 radical (unpaired) electrons. The fourth-order valence-corrected chi connectivity index (χ4v) is 2.95. The zero-order chi connectivity index (χ0) is 15.2. The molecule has 22 heavy (non-hydrogen) atoms. The Labute approximate surface area is 138 Å². The van der Waals surface area contributed by atoms with Crippen molar-refractivity contribution < 1.29 is 9.18 Å². The predicted octanol–water partition coefficient (Wildman–Crippen LogP) is 2.93. The van der Waals surface area contributed by atoms with E-state index in [1.165, 1.54) is 6.07 Å². The van der Waals surface area contributed by atoms with Crippen molar-refractivity contribution >= 4 is 18.3 Å². The van der Waals surface area contributed by atoms with Crippen LogP contribution in [-0.4, -0.2) is 25.0 Å². The Bertz CT molecular complexity index is 483. The van der Waals surface area contributed by atoms with E-state index >= 15 is 0 Å². The Balaban J connectivity index is 0.00000242. The fourth-order valence-electron chi connectivity index (χ4n) is 2.95. The number of benzene rings is 1. The van der Waals surface area contributed by atoms with Gasteiger partial charge in [-0.2, -0.15) is 0 Å². The number of piperidine rings is 1. The van der Waals surface area contributed by atoms with Gasteiger partial charge in [0.15, 0.2) is 0 Å². The Morgan fingerprint density at radius 3 is 2.95 bits per heavy atom. The van der Waals surface area contributed by atoms with E-state index in [2.05, 4.69) is 17.6 Å². The highest BCUT2D eigenvalue weighted by Crippen LogP contribution is 2.15. The predicted molar refractivity (Wildman–Crippen MR) is 89.7 cm³/mol. The molecule has 1 amide bonds. The summed E-state index contributed by atoms with van der Waals surface area (Å²) in [6, 6.07) is 6.89. The molecule has 1 aromatic rings. The molecule has 3 nitrogen and oxygen atoms in total. The molecule has 1 aliphatic heterocycles. The summed E-state index contributed by atoms with van der Waals surface area (Å²) in [5.74, 6) is 0.579. The average Bonchev–Trinajstić information content (AvgIpc) is 2.41. The molecule has 1 fully saturated rings. The summed E-state index contributed by atoms with van der Waals surface area (Å²) in [6.45, 7) is 6.13. The summed E-state index contributed by atoms with van der Waals surface area (Å²) in [4.78, 5) is 12.1. The first-order valence-electron chi connectivity index (χ1n) is 7.79. The van der Waals surface area contributed by atoms with E-state index in [1.54, 1.807) is 12.1 Å². The summed E-state index contributed by atoms with van der Waals surface area (Å²) < 4.78 is 13.1. The van der Waals surface area contributed by atoms with Crippen molar-refractivity contribution in [2.75, 3.05) is 13.1 Å². The number of nitrogens with one attached hydrogen (secondary N) is 2. The van der Waals surface area contributed by atoms with Crippen molar-refractivity contribution in [2.45, 2.75) is 39.2 Å². The molecule has 0 bridgehead atoms. The number of halogens is 2. The maximum Gasteiger partial charge on any atom is 0.220 e. The van der Waals surface area contributed by atoms with Crippen LogP contribution in [0.15, 0.2) is 24.3 Å². The van der Waals surface area contributed by atoms with E-state index in [0.717, 1.165) is 31.5 Å². The Morgan fingerprint density at radius 2 is 2.27 bits per heavy atom. The number of rotatable bonds is 5. The average molecular weight is 329 g/mol. The van der Waals surface area contributed by atoms with Gasteiger partial charge >= 0.3 is 0 Å². The second-order valence-electron chi connectivity index (χ2n) is 6.29. The largest absolute Gasteiger partial charge is 0.353 e. The van der Waals surface area contributed by atoms with Gasteiger partial charge in [0.2, 0.25) is 5.91 Å². The molecule has 1 saturated heterocycles. The van der Waals surface area contributed by atoms with Gasteiger partial charge in [0, 0.05) is 12.5 Å². The third-order valence-electron chi connectivity index (χ3n) is 4.14. The first-order valence-corrected chi connectivity index (χ1v) is 7.79. The van der Waals surface area contributed by atoms with Crippen molar-refractivity contribution in [3.63, 3.8) is 0 Å². The van der Waals surface area contributed by atoms with Crippen LogP contribution in [0.2, 0.25) is 0 Å². The number of carbonyl (C=O) groups excluding carboxylic acids is 1. The molecule has 0 spiro atoms. The van der Waals surface area contributed by atoms with E-state index in [9.17, 15) is 9.18 Å². The third kappa shape index (κ3) is 5.93. The van der Waals surface area contributed by atoms with E-state index in [1.807, 2.05) is 13.0 Å². The van der Waals surface area contributed by atoms with Gasteiger partial charge in [-0.25, -0.2) is 4.39 Å². The molecule has 124 valence electrons. The summed E-state index contributed by atoms with van der Waals surface area (Å²) in [7, 11) is 0. The number of carbonyl (C=O) groups is 1. The minimum absolute atomic E-state index is 0. The lowest BCUT2D eigenvalue weighted by atomic mass is 9.94. The molecule has 1 aliphatic rings. The molecule has 2 N–H and O–H groups in total. The van der Waals surface area contributed by atoms with Crippen LogP contribution in [0, 0.1) is 17.7 Å². The molecule has 0 aliphatic carbocycles. The van der Waals surface area contributed by atoms with Gasteiger partial charge in [-0.15, -0.1) is 12.4 Å². The third-order valence-corrected chi connectivity index (χ3v) is 4.14. The van der Waals surface area contributed by atoms with Crippen molar-refractivity contribution in [1.82, 2.24) is 10.6 Å². The van der Waals surface area contributed by atoms with Crippen LogP contribution in [0.3, 0.4) is 0 Å². The fraction of sp³-hybridized carbons (Fsp3) is 0.588. The SMILES string of the molecule is CC(CC(=O)NC1CCNCC1C)Cc1cccc(F)c1.Cl. The van der Waals surface area contributed by atoms with Crippen LogP contribution in [0.5, 0.6) is 0 Å². The summed E-state index contributed by atoms with van der Waals surface area (Å²) >= 11 is 0. The van der Waals surface area contributed by atoms with Crippen LogP contribution in [0.4, 0.5) is 4.39 Å². The monoisotopic (exact) mass is 328 g/mol. The van der Waals surface area contributed by atoms with Crippen molar-refractivity contribution in [3.8, 4) is 0 Å². The van der Waals surface area contributed by atoms with E-state index in [4.69, 9.17) is 0 Å². The second-order valence-corrected chi connectivity index (χ2v) is 6.29. The summed E-state index contributed by atoms with van der Waals surface area (Å²) in [5.41, 5.74) is 0.950. The Kier molecular flexibility index (Phi) is 7.83. The Hall–Kier alpha value is -1.13. The number of amides is 1. The maximum atomic E-state index is 13.1. The van der Waals surface area contributed by atoms with Gasteiger partial charge in [-0.3, -0.25) is 4.79 Å².